The maximum absolute atomic E-state index is 7.10. The predicted octanol–water partition coefficient (Wildman–Crippen LogP) is 2.58. The predicted molar refractivity (Wildman–Crippen MR) is 54.8 cm³/mol. The van der Waals surface area contributed by atoms with Gasteiger partial charge in [-0.1, -0.05) is 27.5 Å². The van der Waals surface area contributed by atoms with Gasteiger partial charge in [0.25, 0.3) is 0 Å². The fraction of sp³-hybridized carbons (Fsp3) is 0.125. The van der Waals surface area contributed by atoms with Crippen LogP contribution in [0.3, 0.4) is 0 Å². The quantitative estimate of drug-likeness (QED) is 0.612. The monoisotopic (exact) mass is 246 g/mol. The first-order chi connectivity index (χ1) is 5.59. The molecule has 0 spiro atoms. The SMILES string of the molecule is N=C(N)Cc1cc(Br)ccc1Cl. The van der Waals surface area contributed by atoms with Crippen LogP contribution in [-0.2, 0) is 6.42 Å². The van der Waals surface area contributed by atoms with Crippen LogP contribution in [-0.4, -0.2) is 5.84 Å². The molecule has 0 aliphatic rings. The number of amidine groups is 1. The van der Waals surface area contributed by atoms with Gasteiger partial charge < -0.3 is 5.73 Å². The normalized spacial score (nSPS) is 9.83. The van der Waals surface area contributed by atoms with Crippen molar-refractivity contribution in [2.24, 2.45) is 5.73 Å². The molecule has 1 rings (SSSR count). The summed E-state index contributed by atoms with van der Waals surface area (Å²) in [5.74, 6) is 0.120. The first kappa shape index (κ1) is 9.55. The second kappa shape index (κ2) is 3.92. The Labute approximate surface area is 84.4 Å². The van der Waals surface area contributed by atoms with E-state index >= 15 is 0 Å². The smallest absolute Gasteiger partial charge is 0.0950 e. The Bertz CT molecular complexity index is 312. The minimum absolute atomic E-state index is 0.120. The van der Waals surface area contributed by atoms with Crippen molar-refractivity contribution < 1.29 is 0 Å². The zero-order valence-electron chi connectivity index (χ0n) is 6.27. The molecule has 0 heterocycles. The highest BCUT2D eigenvalue weighted by Gasteiger charge is 2.01. The van der Waals surface area contributed by atoms with Crippen molar-refractivity contribution in [3.8, 4) is 0 Å². The molecule has 0 atom stereocenters. The summed E-state index contributed by atoms with van der Waals surface area (Å²) < 4.78 is 0.947. The average Bonchev–Trinajstić information content (AvgIpc) is 1.96. The van der Waals surface area contributed by atoms with E-state index in [2.05, 4.69) is 15.9 Å². The van der Waals surface area contributed by atoms with E-state index in [0.717, 1.165) is 10.0 Å². The van der Waals surface area contributed by atoms with E-state index in [1.807, 2.05) is 12.1 Å². The Morgan fingerprint density at radius 1 is 1.58 bits per heavy atom. The molecule has 0 aliphatic carbocycles. The number of nitrogens with two attached hydrogens (primary N) is 1. The zero-order chi connectivity index (χ0) is 9.14. The van der Waals surface area contributed by atoms with Crippen molar-refractivity contribution in [3.05, 3.63) is 33.3 Å². The molecule has 0 aliphatic heterocycles. The second-order valence-corrected chi connectivity index (χ2v) is 3.76. The number of halogens is 2. The van der Waals surface area contributed by atoms with E-state index in [1.165, 1.54) is 0 Å². The fourth-order valence-electron chi connectivity index (χ4n) is 0.884. The number of hydrogen-bond donors (Lipinski definition) is 2. The van der Waals surface area contributed by atoms with Crippen LogP contribution in [0.2, 0.25) is 5.02 Å². The first-order valence-electron chi connectivity index (χ1n) is 3.36. The van der Waals surface area contributed by atoms with Crippen LogP contribution in [0.4, 0.5) is 0 Å². The topological polar surface area (TPSA) is 49.9 Å². The van der Waals surface area contributed by atoms with Crippen LogP contribution >= 0.6 is 27.5 Å². The zero-order valence-corrected chi connectivity index (χ0v) is 8.61. The lowest BCUT2D eigenvalue weighted by molar-refractivity contribution is 1.24. The molecule has 0 aromatic heterocycles. The van der Waals surface area contributed by atoms with Crippen molar-refractivity contribution in [1.82, 2.24) is 0 Å². The molecule has 0 radical (unpaired) electrons. The van der Waals surface area contributed by atoms with Crippen LogP contribution in [0.1, 0.15) is 5.56 Å². The van der Waals surface area contributed by atoms with Gasteiger partial charge in [0.1, 0.15) is 0 Å². The minimum Gasteiger partial charge on any atom is -0.387 e. The molecule has 0 fully saturated rings. The van der Waals surface area contributed by atoms with Gasteiger partial charge >= 0.3 is 0 Å². The van der Waals surface area contributed by atoms with Gasteiger partial charge in [0.2, 0.25) is 0 Å². The molecule has 0 saturated carbocycles. The molecule has 0 bridgehead atoms. The summed E-state index contributed by atoms with van der Waals surface area (Å²) in [4.78, 5) is 0. The maximum atomic E-state index is 7.10. The van der Waals surface area contributed by atoms with Gasteiger partial charge in [-0.2, -0.15) is 0 Å². The Kier molecular flexibility index (Phi) is 3.12. The van der Waals surface area contributed by atoms with E-state index in [-0.39, 0.29) is 5.84 Å². The Morgan fingerprint density at radius 3 is 2.83 bits per heavy atom. The van der Waals surface area contributed by atoms with Crippen LogP contribution < -0.4 is 5.73 Å². The largest absolute Gasteiger partial charge is 0.387 e. The van der Waals surface area contributed by atoms with Crippen molar-refractivity contribution in [3.63, 3.8) is 0 Å². The van der Waals surface area contributed by atoms with Gasteiger partial charge in [0, 0.05) is 15.9 Å². The highest BCUT2D eigenvalue weighted by Crippen LogP contribution is 2.21. The Morgan fingerprint density at radius 2 is 2.25 bits per heavy atom. The average molecular weight is 248 g/mol. The third-order valence-corrected chi connectivity index (χ3v) is 2.25. The first-order valence-corrected chi connectivity index (χ1v) is 4.53. The third kappa shape index (κ3) is 2.50. The molecule has 0 unspecified atom stereocenters. The lowest BCUT2D eigenvalue weighted by Gasteiger charge is -2.02. The molecule has 1 aromatic rings. The number of benzene rings is 1. The Balaban J connectivity index is 2.97. The van der Waals surface area contributed by atoms with Crippen molar-refractivity contribution in [1.29, 1.82) is 5.41 Å². The highest BCUT2D eigenvalue weighted by atomic mass is 79.9. The summed E-state index contributed by atoms with van der Waals surface area (Å²) in [6.07, 6.45) is 0.401. The van der Waals surface area contributed by atoms with Gasteiger partial charge in [0.15, 0.2) is 0 Å². The minimum atomic E-state index is 0.120. The van der Waals surface area contributed by atoms with Gasteiger partial charge in [-0.15, -0.1) is 0 Å². The molecule has 0 amide bonds. The summed E-state index contributed by atoms with van der Waals surface area (Å²) >= 11 is 9.18. The van der Waals surface area contributed by atoms with Crippen LogP contribution in [0, 0.1) is 5.41 Å². The van der Waals surface area contributed by atoms with E-state index in [4.69, 9.17) is 22.7 Å². The molecule has 0 saturated heterocycles. The summed E-state index contributed by atoms with van der Waals surface area (Å²) in [6, 6.07) is 5.50. The summed E-state index contributed by atoms with van der Waals surface area (Å²) in [5, 5.41) is 7.75. The van der Waals surface area contributed by atoms with E-state index in [1.54, 1.807) is 6.07 Å². The lowest BCUT2D eigenvalue weighted by Crippen LogP contribution is -2.12. The summed E-state index contributed by atoms with van der Waals surface area (Å²) in [7, 11) is 0. The molecule has 3 N–H and O–H groups in total. The van der Waals surface area contributed by atoms with Gasteiger partial charge in [0.05, 0.1) is 5.84 Å². The summed E-state index contributed by atoms with van der Waals surface area (Å²) in [5.41, 5.74) is 6.13. The molecule has 4 heteroatoms. The lowest BCUT2D eigenvalue weighted by atomic mass is 10.1. The van der Waals surface area contributed by atoms with Crippen molar-refractivity contribution in [2.45, 2.75) is 6.42 Å². The van der Waals surface area contributed by atoms with Crippen LogP contribution in [0.5, 0.6) is 0 Å². The van der Waals surface area contributed by atoms with Gasteiger partial charge in [-0.3, -0.25) is 5.41 Å². The van der Waals surface area contributed by atoms with Crippen molar-refractivity contribution >= 4 is 33.4 Å². The number of hydrogen-bond acceptors (Lipinski definition) is 1. The van der Waals surface area contributed by atoms with Crippen LogP contribution in [0.15, 0.2) is 22.7 Å². The maximum Gasteiger partial charge on any atom is 0.0950 e. The second-order valence-electron chi connectivity index (χ2n) is 2.44. The highest BCUT2D eigenvalue weighted by molar-refractivity contribution is 9.10. The molecule has 1 aromatic carbocycles. The Hall–Kier alpha value is -0.540. The molecule has 2 nitrogen and oxygen atoms in total. The fourth-order valence-corrected chi connectivity index (χ4v) is 1.48. The molecular formula is C8H8BrClN2. The van der Waals surface area contributed by atoms with Gasteiger partial charge in [-0.25, -0.2) is 0 Å². The number of rotatable bonds is 2. The molecular weight excluding hydrogens is 239 g/mol. The summed E-state index contributed by atoms with van der Waals surface area (Å²) in [6.45, 7) is 0. The molecule has 12 heavy (non-hydrogen) atoms. The van der Waals surface area contributed by atoms with Crippen molar-refractivity contribution in [2.75, 3.05) is 0 Å². The van der Waals surface area contributed by atoms with E-state index < -0.39 is 0 Å². The van der Waals surface area contributed by atoms with Gasteiger partial charge in [-0.05, 0) is 23.8 Å². The van der Waals surface area contributed by atoms with E-state index in [9.17, 15) is 0 Å². The number of nitrogens with one attached hydrogen (secondary N) is 1. The van der Waals surface area contributed by atoms with E-state index in [0.29, 0.717) is 11.4 Å². The standard InChI is InChI=1S/C8H8BrClN2/c9-6-1-2-7(10)5(3-6)4-8(11)12/h1-3H,4H2,(H3,11,12). The molecule has 64 valence electrons. The third-order valence-electron chi connectivity index (χ3n) is 1.39. The van der Waals surface area contributed by atoms with Crippen LogP contribution in [0.25, 0.3) is 0 Å².